The lowest BCUT2D eigenvalue weighted by molar-refractivity contribution is -0.159. The molecule has 6 heteroatoms. The van der Waals surface area contributed by atoms with Crippen molar-refractivity contribution in [2.24, 2.45) is 17.8 Å². The largest absolute Gasteiger partial charge is 0.481 e. The van der Waals surface area contributed by atoms with E-state index in [2.05, 4.69) is 13.8 Å². The van der Waals surface area contributed by atoms with Gasteiger partial charge in [-0.25, -0.2) is 0 Å². The van der Waals surface area contributed by atoms with E-state index in [1.165, 1.54) is 103 Å². The van der Waals surface area contributed by atoms with Crippen molar-refractivity contribution in [1.29, 1.82) is 0 Å². The molecular formula is C35H64O6. The van der Waals surface area contributed by atoms with Gasteiger partial charge in [0, 0.05) is 0 Å². The number of carboxylic acids is 1. The number of carboxylic acid groups (broad SMARTS) is 1. The van der Waals surface area contributed by atoms with E-state index in [0.717, 1.165) is 38.5 Å². The molecule has 240 valence electrons. The first kappa shape index (κ1) is 37.4. The van der Waals surface area contributed by atoms with Gasteiger partial charge >= 0.3 is 17.9 Å². The zero-order chi connectivity index (χ0) is 30.0. The molecule has 1 fully saturated rings. The third-order valence-electron chi connectivity index (χ3n) is 8.71. The Labute approximate surface area is 252 Å². The molecule has 0 aromatic carbocycles. The molecule has 2 atom stereocenters. The number of hydrogen-bond donors (Lipinski definition) is 1. The number of aliphatic carboxylic acids is 1. The van der Waals surface area contributed by atoms with E-state index in [9.17, 15) is 19.5 Å². The lowest BCUT2D eigenvalue weighted by Gasteiger charge is -2.30. The predicted octanol–water partition coefficient (Wildman–Crippen LogP) is 9.81. The highest BCUT2D eigenvalue weighted by Gasteiger charge is 2.40. The van der Waals surface area contributed by atoms with Crippen LogP contribution in [-0.2, 0) is 23.9 Å². The molecule has 1 saturated carbocycles. The van der Waals surface area contributed by atoms with Crippen molar-refractivity contribution in [2.45, 2.75) is 174 Å². The SMILES string of the molecule is CCCCCCCCCCCCCOC(=O)C1CC(C(=O)O)CC(C(=O)OCCCCCCCCCCCCC)C1. The van der Waals surface area contributed by atoms with Gasteiger partial charge < -0.3 is 14.6 Å². The standard InChI is InChI=1S/C35H64O6/c1-3-5-7-9-11-13-15-17-19-21-23-25-40-34(38)31-27-30(33(36)37)28-32(29-31)35(39)41-26-24-22-20-18-16-14-12-10-8-6-4-2/h30-32H,3-29H2,1-2H3,(H,36,37). The molecule has 6 nitrogen and oxygen atoms in total. The smallest absolute Gasteiger partial charge is 0.308 e. The Hall–Kier alpha value is -1.59. The summed E-state index contributed by atoms with van der Waals surface area (Å²) >= 11 is 0. The van der Waals surface area contributed by atoms with Crippen molar-refractivity contribution in [2.75, 3.05) is 13.2 Å². The van der Waals surface area contributed by atoms with E-state index >= 15 is 0 Å². The fourth-order valence-electron chi connectivity index (χ4n) is 6.02. The highest BCUT2D eigenvalue weighted by Crippen LogP contribution is 2.35. The Kier molecular flexibility index (Phi) is 23.8. The van der Waals surface area contributed by atoms with E-state index in [1.807, 2.05) is 0 Å². The summed E-state index contributed by atoms with van der Waals surface area (Å²) in [5, 5.41) is 9.61. The van der Waals surface area contributed by atoms with Gasteiger partial charge in [-0.3, -0.25) is 14.4 Å². The Bertz CT molecular complexity index is 615. The molecular weight excluding hydrogens is 516 g/mol. The van der Waals surface area contributed by atoms with Crippen LogP contribution in [0.25, 0.3) is 0 Å². The molecule has 0 spiro atoms. The molecule has 0 amide bonds. The van der Waals surface area contributed by atoms with Gasteiger partial charge in [-0.1, -0.05) is 142 Å². The topological polar surface area (TPSA) is 89.9 Å². The highest BCUT2D eigenvalue weighted by molar-refractivity contribution is 5.79. The Morgan fingerprint density at radius 1 is 0.463 bits per heavy atom. The van der Waals surface area contributed by atoms with Gasteiger partial charge in [0.2, 0.25) is 0 Å². The Balaban J connectivity index is 2.18. The molecule has 1 rings (SSSR count). The second kappa shape index (κ2) is 26.1. The lowest BCUT2D eigenvalue weighted by atomic mass is 9.75. The maximum atomic E-state index is 12.7. The van der Waals surface area contributed by atoms with Crippen LogP contribution < -0.4 is 0 Å². The van der Waals surface area contributed by atoms with Gasteiger partial charge in [-0.15, -0.1) is 0 Å². The van der Waals surface area contributed by atoms with Crippen molar-refractivity contribution in [3.63, 3.8) is 0 Å². The second-order valence-electron chi connectivity index (χ2n) is 12.5. The van der Waals surface area contributed by atoms with Gasteiger partial charge in [-0.05, 0) is 32.1 Å². The van der Waals surface area contributed by atoms with E-state index in [-0.39, 0.29) is 24.8 Å². The summed E-state index contributed by atoms with van der Waals surface area (Å²) in [6.07, 6.45) is 27.9. The summed E-state index contributed by atoms with van der Waals surface area (Å²) < 4.78 is 11.0. The van der Waals surface area contributed by atoms with E-state index in [0.29, 0.717) is 19.6 Å². The van der Waals surface area contributed by atoms with Crippen LogP contribution in [0.5, 0.6) is 0 Å². The summed E-state index contributed by atoms with van der Waals surface area (Å²) in [5.41, 5.74) is 0. The summed E-state index contributed by atoms with van der Waals surface area (Å²) in [5.74, 6) is -3.45. The van der Waals surface area contributed by atoms with E-state index in [1.54, 1.807) is 0 Å². The van der Waals surface area contributed by atoms with Crippen LogP contribution in [0, 0.1) is 17.8 Å². The summed E-state index contributed by atoms with van der Waals surface area (Å²) in [6.45, 7) is 5.23. The van der Waals surface area contributed by atoms with Gasteiger partial charge in [0.15, 0.2) is 0 Å². The number of hydrogen-bond acceptors (Lipinski definition) is 5. The third-order valence-corrected chi connectivity index (χ3v) is 8.71. The van der Waals surface area contributed by atoms with Gasteiger partial charge in [0.25, 0.3) is 0 Å². The van der Waals surface area contributed by atoms with Gasteiger partial charge in [-0.2, -0.15) is 0 Å². The molecule has 0 saturated heterocycles. The minimum absolute atomic E-state index is 0.245. The first-order valence-corrected chi connectivity index (χ1v) is 17.6. The van der Waals surface area contributed by atoms with Crippen LogP contribution in [-0.4, -0.2) is 36.2 Å². The van der Waals surface area contributed by atoms with Crippen molar-refractivity contribution < 1.29 is 29.0 Å². The molecule has 0 radical (unpaired) electrons. The minimum atomic E-state index is -0.948. The number of unbranched alkanes of at least 4 members (excludes halogenated alkanes) is 20. The molecule has 1 N–H and O–H groups in total. The number of rotatable bonds is 27. The molecule has 0 aromatic heterocycles. The number of carbonyl (C=O) groups is 3. The Morgan fingerprint density at radius 3 is 1.02 bits per heavy atom. The van der Waals surface area contributed by atoms with Crippen molar-refractivity contribution in [3.8, 4) is 0 Å². The number of esters is 2. The van der Waals surface area contributed by atoms with Crippen molar-refractivity contribution in [3.05, 3.63) is 0 Å². The van der Waals surface area contributed by atoms with Crippen molar-refractivity contribution in [1.82, 2.24) is 0 Å². The van der Waals surface area contributed by atoms with Crippen LogP contribution in [0.1, 0.15) is 174 Å². The van der Waals surface area contributed by atoms with Crippen LogP contribution in [0.15, 0.2) is 0 Å². The predicted molar refractivity (Wildman–Crippen MR) is 167 cm³/mol. The highest BCUT2D eigenvalue weighted by atomic mass is 16.5. The zero-order valence-corrected chi connectivity index (χ0v) is 26.8. The minimum Gasteiger partial charge on any atom is -0.481 e. The summed E-state index contributed by atoms with van der Waals surface area (Å²) in [7, 11) is 0. The van der Waals surface area contributed by atoms with E-state index < -0.39 is 23.7 Å². The molecule has 0 heterocycles. The fourth-order valence-corrected chi connectivity index (χ4v) is 6.02. The maximum Gasteiger partial charge on any atom is 0.308 e. The molecule has 2 unspecified atom stereocenters. The van der Waals surface area contributed by atoms with Crippen molar-refractivity contribution >= 4 is 17.9 Å². The summed E-state index contributed by atoms with van der Waals surface area (Å²) in [4.78, 5) is 37.2. The van der Waals surface area contributed by atoms with Gasteiger partial charge in [0.05, 0.1) is 31.0 Å². The molecule has 41 heavy (non-hydrogen) atoms. The van der Waals surface area contributed by atoms with Crippen LogP contribution in [0.3, 0.4) is 0 Å². The second-order valence-corrected chi connectivity index (χ2v) is 12.5. The first-order chi connectivity index (χ1) is 20.0. The maximum absolute atomic E-state index is 12.7. The molecule has 1 aliphatic carbocycles. The van der Waals surface area contributed by atoms with Gasteiger partial charge in [0.1, 0.15) is 0 Å². The molecule has 0 bridgehead atoms. The van der Waals surface area contributed by atoms with Crippen LogP contribution in [0.2, 0.25) is 0 Å². The molecule has 0 aliphatic heterocycles. The average molecular weight is 581 g/mol. The Morgan fingerprint density at radius 2 is 0.732 bits per heavy atom. The van der Waals surface area contributed by atoms with Crippen LogP contribution in [0.4, 0.5) is 0 Å². The first-order valence-electron chi connectivity index (χ1n) is 17.6. The monoisotopic (exact) mass is 580 g/mol. The van der Waals surface area contributed by atoms with Crippen LogP contribution >= 0.6 is 0 Å². The lowest BCUT2D eigenvalue weighted by Crippen LogP contribution is -2.36. The number of ether oxygens (including phenoxy) is 2. The molecule has 0 aromatic rings. The third kappa shape index (κ3) is 20.0. The number of carbonyl (C=O) groups excluding carboxylic acids is 2. The average Bonchev–Trinajstić information content (AvgIpc) is 2.97. The van der Waals surface area contributed by atoms with E-state index in [4.69, 9.17) is 9.47 Å². The zero-order valence-electron chi connectivity index (χ0n) is 26.8. The fraction of sp³-hybridized carbons (Fsp3) is 0.914. The molecule has 1 aliphatic rings. The quantitative estimate of drug-likeness (QED) is 0.0768. The summed E-state index contributed by atoms with van der Waals surface area (Å²) in [6, 6.07) is 0. The normalized spacial score (nSPS) is 18.7.